The molecule has 1 aliphatic heterocycles. The molecule has 1 unspecified atom stereocenters. The van der Waals surface area contributed by atoms with Gasteiger partial charge in [0, 0.05) is 48.1 Å². The van der Waals surface area contributed by atoms with Crippen molar-refractivity contribution in [3.63, 3.8) is 0 Å². The van der Waals surface area contributed by atoms with Gasteiger partial charge in [-0.2, -0.15) is 5.26 Å². The number of anilines is 2. The molecule has 0 radical (unpaired) electrons. The van der Waals surface area contributed by atoms with Gasteiger partial charge >= 0.3 is 6.03 Å². The number of fused-ring (bicyclic) bond motifs is 1. The number of hydrogen-bond acceptors (Lipinski definition) is 5. The van der Waals surface area contributed by atoms with Crippen molar-refractivity contribution in [3.05, 3.63) is 83.9 Å². The number of rotatable bonds is 3. The van der Waals surface area contributed by atoms with E-state index >= 15 is 0 Å². The first-order valence-corrected chi connectivity index (χ1v) is 11.5. The molecule has 0 spiro atoms. The van der Waals surface area contributed by atoms with E-state index in [0.29, 0.717) is 25.2 Å². The molecule has 1 fully saturated rings. The summed E-state index contributed by atoms with van der Waals surface area (Å²) in [6.45, 7) is 3.28. The molecule has 5 rings (SSSR count). The van der Waals surface area contributed by atoms with Gasteiger partial charge in [0.05, 0.1) is 17.3 Å². The first-order chi connectivity index (χ1) is 17.4. The lowest BCUT2D eigenvalue weighted by atomic mass is 10.0. The van der Waals surface area contributed by atoms with E-state index in [-0.39, 0.29) is 11.7 Å². The summed E-state index contributed by atoms with van der Waals surface area (Å²) in [5.74, 6) is -0.800. The van der Waals surface area contributed by atoms with Crippen LogP contribution in [0.15, 0.2) is 66.7 Å². The number of nitriles is 1. The summed E-state index contributed by atoms with van der Waals surface area (Å²) in [6, 6.07) is 19.7. The molecule has 180 valence electrons. The summed E-state index contributed by atoms with van der Waals surface area (Å²) < 4.78 is 27.1. The summed E-state index contributed by atoms with van der Waals surface area (Å²) in [4.78, 5) is 16.5. The zero-order chi connectivity index (χ0) is 25.2. The molecule has 1 saturated heterocycles. The molecule has 2 heterocycles. The largest absolute Gasteiger partial charge is 0.348 e. The number of amides is 2. The fourth-order valence-corrected chi connectivity index (χ4v) is 4.46. The van der Waals surface area contributed by atoms with Gasteiger partial charge in [-0.3, -0.25) is 0 Å². The molecule has 1 N–H and O–H groups in total. The third-order valence-corrected chi connectivity index (χ3v) is 6.31. The number of hydrogen-bond donors (Lipinski definition) is 1. The minimum Gasteiger partial charge on any atom is -0.348 e. The van der Waals surface area contributed by atoms with Crippen molar-refractivity contribution in [2.45, 2.75) is 13.0 Å². The van der Waals surface area contributed by atoms with Crippen LogP contribution < -0.4 is 10.2 Å². The lowest BCUT2D eigenvalue weighted by Crippen LogP contribution is -2.55. The van der Waals surface area contributed by atoms with Crippen molar-refractivity contribution in [1.29, 1.82) is 5.26 Å². The fraction of sp³-hybridized carbons (Fsp3) is 0.185. The maximum Gasteiger partial charge on any atom is 0.322 e. The molecular formula is C27H22F2N6O. The molecule has 1 atom stereocenters. The van der Waals surface area contributed by atoms with Crippen LogP contribution in [-0.4, -0.2) is 46.8 Å². The number of aromatic nitrogens is 2. The van der Waals surface area contributed by atoms with E-state index in [4.69, 9.17) is 5.26 Å². The number of nitrogens with one attached hydrogen (secondary N) is 1. The van der Waals surface area contributed by atoms with E-state index in [9.17, 15) is 13.6 Å². The molecular weight excluding hydrogens is 462 g/mol. The zero-order valence-electron chi connectivity index (χ0n) is 19.4. The Balaban J connectivity index is 1.37. The van der Waals surface area contributed by atoms with Gasteiger partial charge in [0.2, 0.25) is 0 Å². The highest BCUT2D eigenvalue weighted by Crippen LogP contribution is 2.33. The highest BCUT2D eigenvalue weighted by atomic mass is 19.1. The molecule has 1 aromatic heterocycles. The average Bonchev–Trinajstić information content (AvgIpc) is 2.90. The summed E-state index contributed by atoms with van der Waals surface area (Å²) in [6.07, 6.45) is 0. The summed E-state index contributed by atoms with van der Waals surface area (Å²) in [5.41, 5.74) is 2.11. The Kier molecular flexibility index (Phi) is 6.17. The topological polar surface area (TPSA) is 85.2 Å². The molecule has 3 aromatic carbocycles. The minimum absolute atomic E-state index is 0.0632. The van der Waals surface area contributed by atoms with Crippen LogP contribution in [0.1, 0.15) is 12.5 Å². The number of nitrogens with zero attached hydrogens (tertiary/aromatic N) is 5. The molecule has 7 nitrogen and oxygen atoms in total. The molecule has 0 bridgehead atoms. The predicted molar refractivity (Wildman–Crippen MR) is 133 cm³/mol. The number of carbonyl (C=O) groups is 1. The van der Waals surface area contributed by atoms with Crippen LogP contribution in [0.2, 0.25) is 0 Å². The summed E-state index contributed by atoms with van der Waals surface area (Å²) in [5, 5.41) is 22.6. The predicted octanol–water partition coefficient (Wildman–Crippen LogP) is 5.19. The van der Waals surface area contributed by atoms with Gasteiger partial charge in [-0.05, 0) is 31.2 Å². The van der Waals surface area contributed by atoms with Gasteiger partial charge in [-0.25, -0.2) is 13.6 Å². The van der Waals surface area contributed by atoms with E-state index < -0.39 is 17.7 Å². The van der Waals surface area contributed by atoms with Crippen LogP contribution in [0.25, 0.3) is 22.0 Å². The molecule has 4 aromatic rings. The third kappa shape index (κ3) is 4.41. The van der Waals surface area contributed by atoms with Crippen molar-refractivity contribution in [1.82, 2.24) is 15.1 Å². The van der Waals surface area contributed by atoms with Gasteiger partial charge in [-0.1, -0.05) is 36.4 Å². The van der Waals surface area contributed by atoms with Gasteiger partial charge < -0.3 is 15.1 Å². The Hall–Kier alpha value is -4.58. The number of halogens is 2. The fourth-order valence-electron chi connectivity index (χ4n) is 4.46. The first-order valence-electron chi connectivity index (χ1n) is 11.5. The molecule has 36 heavy (non-hydrogen) atoms. The van der Waals surface area contributed by atoms with Crippen LogP contribution in [0.3, 0.4) is 0 Å². The van der Waals surface area contributed by atoms with Crippen LogP contribution >= 0.6 is 0 Å². The second-order valence-corrected chi connectivity index (χ2v) is 8.65. The number of urea groups is 1. The molecule has 2 amide bonds. The summed E-state index contributed by atoms with van der Waals surface area (Å²) in [7, 11) is 0. The maximum atomic E-state index is 14.0. The quantitative estimate of drug-likeness (QED) is 0.433. The Morgan fingerprint density at radius 1 is 1.03 bits per heavy atom. The molecule has 0 saturated carbocycles. The standard InChI is InChI=1S/C27H22F2N6O/c1-17-16-34(27(36)31-24-11-10-20(28)14-23(24)29)12-13-35(17)26-22-5-3-2-4-21(22)25(32-33-26)19-8-6-18(15-30)7-9-19/h2-11,14,17H,12-13,16H2,1H3,(H,31,36). The van der Waals surface area contributed by atoms with Gasteiger partial charge in [-0.15, -0.1) is 10.2 Å². The van der Waals surface area contributed by atoms with Crippen molar-refractivity contribution in [2.75, 3.05) is 29.9 Å². The lowest BCUT2D eigenvalue weighted by molar-refractivity contribution is 0.200. The number of benzene rings is 3. The van der Waals surface area contributed by atoms with Gasteiger partial charge in [0.1, 0.15) is 17.3 Å². The highest BCUT2D eigenvalue weighted by Gasteiger charge is 2.29. The monoisotopic (exact) mass is 484 g/mol. The summed E-state index contributed by atoms with van der Waals surface area (Å²) >= 11 is 0. The molecule has 0 aliphatic carbocycles. The maximum absolute atomic E-state index is 14.0. The second-order valence-electron chi connectivity index (χ2n) is 8.65. The number of piperazine rings is 1. The zero-order valence-corrected chi connectivity index (χ0v) is 19.4. The van der Waals surface area contributed by atoms with Crippen LogP contribution in [0, 0.1) is 23.0 Å². The van der Waals surface area contributed by atoms with E-state index in [2.05, 4.69) is 26.5 Å². The van der Waals surface area contributed by atoms with E-state index in [1.807, 2.05) is 43.3 Å². The Bertz CT molecular complexity index is 1480. The molecule has 9 heteroatoms. The van der Waals surface area contributed by atoms with E-state index in [0.717, 1.165) is 40.0 Å². The van der Waals surface area contributed by atoms with Gasteiger partial charge in [0.25, 0.3) is 0 Å². The van der Waals surface area contributed by atoms with E-state index in [1.165, 1.54) is 6.07 Å². The Labute approximate surface area is 206 Å². The van der Waals surface area contributed by atoms with Crippen molar-refractivity contribution in [2.24, 2.45) is 0 Å². The second kappa shape index (κ2) is 9.58. The van der Waals surface area contributed by atoms with E-state index in [1.54, 1.807) is 17.0 Å². The normalized spacial score (nSPS) is 15.6. The van der Waals surface area contributed by atoms with Crippen LogP contribution in [0.4, 0.5) is 25.1 Å². The van der Waals surface area contributed by atoms with Crippen molar-refractivity contribution in [3.8, 4) is 17.3 Å². The minimum atomic E-state index is -0.820. The third-order valence-electron chi connectivity index (χ3n) is 6.31. The first kappa shape index (κ1) is 23.2. The SMILES string of the molecule is CC1CN(C(=O)Nc2ccc(F)cc2F)CCN1c1nnc(-c2ccc(C#N)cc2)c2ccccc12. The van der Waals surface area contributed by atoms with Crippen LogP contribution in [0.5, 0.6) is 0 Å². The smallest absolute Gasteiger partial charge is 0.322 e. The van der Waals surface area contributed by atoms with Gasteiger partial charge in [0.15, 0.2) is 5.82 Å². The Morgan fingerprint density at radius 3 is 2.47 bits per heavy atom. The lowest BCUT2D eigenvalue weighted by Gasteiger charge is -2.40. The highest BCUT2D eigenvalue weighted by molar-refractivity contribution is 6.00. The van der Waals surface area contributed by atoms with Crippen LogP contribution in [-0.2, 0) is 0 Å². The van der Waals surface area contributed by atoms with Crippen molar-refractivity contribution < 1.29 is 13.6 Å². The van der Waals surface area contributed by atoms with Crippen molar-refractivity contribution >= 4 is 28.3 Å². The number of carbonyl (C=O) groups excluding carboxylic acids is 1. The average molecular weight is 485 g/mol. The Morgan fingerprint density at radius 2 is 1.78 bits per heavy atom. The molecule has 1 aliphatic rings.